The number of thiocarbonyl (C=S) groups is 1. The second-order valence-corrected chi connectivity index (χ2v) is 6.93. The van der Waals surface area contributed by atoms with Crippen molar-refractivity contribution in [2.24, 2.45) is 0 Å². The summed E-state index contributed by atoms with van der Waals surface area (Å²) >= 11 is 5.38. The van der Waals surface area contributed by atoms with Crippen LogP contribution in [0.5, 0.6) is 5.75 Å². The molecule has 140 valence electrons. The van der Waals surface area contributed by atoms with Crippen LogP contribution in [0.1, 0.15) is 37.3 Å². The van der Waals surface area contributed by atoms with E-state index < -0.39 is 0 Å². The number of unbranched alkanes of at least 4 members (excludes halogenated alkanes) is 2. The summed E-state index contributed by atoms with van der Waals surface area (Å²) in [5.41, 5.74) is 3.20. The second kappa shape index (κ2) is 8.82. The Labute approximate surface area is 165 Å². The molecule has 4 nitrogen and oxygen atoms in total. The molecule has 2 aromatic carbocycles. The Balaban J connectivity index is 1.71. The number of anilines is 1. The molecule has 1 saturated heterocycles. The molecule has 1 heterocycles. The van der Waals surface area contributed by atoms with E-state index in [9.17, 15) is 4.79 Å². The minimum atomic E-state index is -0.144. The Morgan fingerprint density at radius 2 is 1.85 bits per heavy atom. The zero-order chi connectivity index (χ0) is 19.2. The molecule has 0 atom stereocenters. The first-order chi connectivity index (χ1) is 13.1. The number of nitrogens with zero attached hydrogens (tertiary/aromatic N) is 1. The number of ether oxygens (including phenoxy) is 1. The number of carbonyl (C=O) groups excluding carboxylic acids is 1. The number of nitrogens with one attached hydrogen (secondary N) is 1. The normalized spacial score (nSPS) is 15.3. The number of para-hydroxylation sites is 1. The Hall–Kier alpha value is -2.66. The first-order valence-electron chi connectivity index (χ1n) is 9.26. The molecule has 1 N–H and O–H groups in total. The fourth-order valence-electron chi connectivity index (χ4n) is 2.94. The molecule has 27 heavy (non-hydrogen) atoms. The smallest absolute Gasteiger partial charge is 0.281 e. The maximum atomic E-state index is 12.8. The van der Waals surface area contributed by atoms with Gasteiger partial charge in [0.05, 0.1) is 12.3 Å². The third-order valence-corrected chi connectivity index (χ3v) is 4.73. The van der Waals surface area contributed by atoms with Crippen molar-refractivity contribution < 1.29 is 9.53 Å². The lowest BCUT2D eigenvalue weighted by atomic mass is 10.1. The molecule has 0 unspecified atom stereocenters. The van der Waals surface area contributed by atoms with Crippen LogP contribution >= 0.6 is 12.2 Å². The summed E-state index contributed by atoms with van der Waals surface area (Å²) in [6.07, 6.45) is 5.23. The molecule has 1 amide bonds. The van der Waals surface area contributed by atoms with Gasteiger partial charge >= 0.3 is 0 Å². The highest BCUT2D eigenvalue weighted by atomic mass is 32.1. The topological polar surface area (TPSA) is 41.6 Å². The van der Waals surface area contributed by atoms with Crippen molar-refractivity contribution in [1.82, 2.24) is 5.32 Å². The van der Waals surface area contributed by atoms with Gasteiger partial charge in [0, 0.05) is 0 Å². The fraction of sp³-hybridized carbons (Fsp3) is 0.273. The maximum Gasteiger partial charge on any atom is 0.281 e. The monoisotopic (exact) mass is 380 g/mol. The van der Waals surface area contributed by atoms with Crippen molar-refractivity contribution in [3.8, 4) is 5.75 Å². The van der Waals surface area contributed by atoms with Gasteiger partial charge in [0.15, 0.2) is 5.11 Å². The minimum absolute atomic E-state index is 0.144. The van der Waals surface area contributed by atoms with Gasteiger partial charge in [0.25, 0.3) is 5.91 Å². The van der Waals surface area contributed by atoms with Crippen molar-refractivity contribution in [3.63, 3.8) is 0 Å². The zero-order valence-electron chi connectivity index (χ0n) is 15.7. The van der Waals surface area contributed by atoms with E-state index in [2.05, 4.69) is 12.2 Å². The van der Waals surface area contributed by atoms with Crippen LogP contribution in [0.15, 0.2) is 54.2 Å². The molecule has 1 fully saturated rings. The lowest BCUT2D eigenvalue weighted by Crippen LogP contribution is -2.30. The van der Waals surface area contributed by atoms with Crippen molar-refractivity contribution in [2.75, 3.05) is 11.5 Å². The van der Waals surface area contributed by atoms with Crippen molar-refractivity contribution in [3.05, 3.63) is 65.4 Å². The molecule has 0 saturated carbocycles. The Bertz CT molecular complexity index is 859. The average Bonchev–Trinajstić information content (AvgIpc) is 2.94. The van der Waals surface area contributed by atoms with E-state index >= 15 is 0 Å². The van der Waals surface area contributed by atoms with Gasteiger partial charge in [0.1, 0.15) is 11.4 Å². The highest BCUT2D eigenvalue weighted by Gasteiger charge is 2.32. The number of carbonyl (C=O) groups is 1. The summed E-state index contributed by atoms with van der Waals surface area (Å²) < 4.78 is 5.73. The second-order valence-electron chi connectivity index (χ2n) is 6.54. The van der Waals surface area contributed by atoms with E-state index in [1.54, 1.807) is 4.90 Å². The number of hydrogen-bond donors (Lipinski definition) is 1. The van der Waals surface area contributed by atoms with Crippen LogP contribution in [0, 0.1) is 6.92 Å². The zero-order valence-corrected chi connectivity index (χ0v) is 16.5. The SMILES string of the molecule is CCCCCOc1ccc(/C=C2/NC(=S)N(c3ccccc3C)C2=O)cc1. The van der Waals surface area contributed by atoms with E-state index in [1.807, 2.05) is 61.5 Å². The number of amides is 1. The van der Waals surface area contributed by atoms with Crippen LogP contribution in [-0.4, -0.2) is 17.6 Å². The Kier molecular flexibility index (Phi) is 6.24. The fourth-order valence-corrected chi connectivity index (χ4v) is 3.23. The molecule has 5 heteroatoms. The average molecular weight is 381 g/mol. The number of hydrogen-bond acceptors (Lipinski definition) is 3. The molecule has 0 radical (unpaired) electrons. The van der Waals surface area contributed by atoms with Gasteiger partial charge in [0.2, 0.25) is 0 Å². The van der Waals surface area contributed by atoms with Crippen molar-refractivity contribution in [1.29, 1.82) is 0 Å². The highest BCUT2D eigenvalue weighted by Crippen LogP contribution is 2.25. The van der Waals surface area contributed by atoms with Crippen LogP contribution in [0.2, 0.25) is 0 Å². The molecule has 2 aromatic rings. The van der Waals surface area contributed by atoms with Gasteiger partial charge in [-0.05, 0) is 61.0 Å². The predicted octanol–water partition coefficient (Wildman–Crippen LogP) is 4.83. The number of benzene rings is 2. The number of rotatable bonds is 7. The first kappa shape index (κ1) is 19.1. The van der Waals surface area contributed by atoms with E-state index in [-0.39, 0.29) is 5.91 Å². The molecule has 1 aliphatic heterocycles. The van der Waals surface area contributed by atoms with Crippen LogP contribution in [0.3, 0.4) is 0 Å². The Morgan fingerprint density at radius 3 is 2.56 bits per heavy atom. The third-order valence-electron chi connectivity index (χ3n) is 4.44. The van der Waals surface area contributed by atoms with Gasteiger partial charge in [-0.1, -0.05) is 50.1 Å². The maximum absolute atomic E-state index is 12.8. The summed E-state index contributed by atoms with van der Waals surface area (Å²) in [7, 11) is 0. The quantitative estimate of drug-likeness (QED) is 0.424. The Morgan fingerprint density at radius 1 is 1.11 bits per heavy atom. The van der Waals surface area contributed by atoms with E-state index in [0.717, 1.165) is 35.6 Å². The number of aryl methyl sites for hydroxylation is 1. The molecule has 0 aromatic heterocycles. The van der Waals surface area contributed by atoms with Crippen molar-refractivity contribution >= 4 is 35.0 Å². The van der Waals surface area contributed by atoms with Gasteiger partial charge in [-0.2, -0.15) is 0 Å². The van der Waals surface area contributed by atoms with E-state index in [0.29, 0.717) is 10.8 Å². The molecule has 0 aliphatic carbocycles. The molecule has 3 rings (SSSR count). The van der Waals surface area contributed by atoms with E-state index in [4.69, 9.17) is 17.0 Å². The largest absolute Gasteiger partial charge is 0.494 e. The van der Waals surface area contributed by atoms with Gasteiger partial charge < -0.3 is 10.1 Å². The highest BCUT2D eigenvalue weighted by molar-refractivity contribution is 7.80. The summed E-state index contributed by atoms with van der Waals surface area (Å²) in [6.45, 7) is 4.87. The first-order valence-corrected chi connectivity index (χ1v) is 9.66. The third kappa shape index (κ3) is 4.55. The van der Waals surface area contributed by atoms with Crippen LogP contribution in [0.4, 0.5) is 5.69 Å². The van der Waals surface area contributed by atoms with Crippen LogP contribution in [-0.2, 0) is 4.79 Å². The molecule has 0 bridgehead atoms. The molecule has 0 spiro atoms. The van der Waals surface area contributed by atoms with Crippen LogP contribution in [0.25, 0.3) is 6.08 Å². The standard InChI is InChI=1S/C22H24N2O2S/c1-3-4-7-14-26-18-12-10-17(11-13-18)15-19-21(25)24(22(27)23-19)20-9-6-5-8-16(20)2/h5-6,8-13,15H,3-4,7,14H2,1-2H3,(H,23,27)/b19-15+. The minimum Gasteiger partial charge on any atom is -0.494 e. The summed E-state index contributed by atoms with van der Waals surface area (Å²) in [6, 6.07) is 15.4. The van der Waals surface area contributed by atoms with E-state index in [1.165, 1.54) is 12.8 Å². The molecule has 1 aliphatic rings. The summed E-state index contributed by atoms with van der Waals surface area (Å²) in [5.74, 6) is 0.699. The summed E-state index contributed by atoms with van der Waals surface area (Å²) in [4.78, 5) is 14.4. The molecular formula is C22H24N2O2S. The van der Waals surface area contributed by atoms with Crippen molar-refractivity contribution in [2.45, 2.75) is 33.1 Å². The lowest BCUT2D eigenvalue weighted by Gasteiger charge is -2.16. The lowest BCUT2D eigenvalue weighted by molar-refractivity contribution is -0.113. The predicted molar refractivity (Wildman–Crippen MR) is 114 cm³/mol. The van der Waals surface area contributed by atoms with Gasteiger partial charge in [-0.25, -0.2) is 0 Å². The van der Waals surface area contributed by atoms with Gasteiger partial charge in [-0.15, -0.1) is 0 Å². The summed E-state index contributed by atoms with van der Waals surface area (Å²) in [5, 5.41) is 3.43. The molecular weight excluding hydrogens is 356 g/mol. The van der Waals surface area contributed by atoms with Crippen LogP contribution < -0.4 is 15.0 Å². The van der Waals surface area contributed by atoms with Gasteiger partial charge in [-0.3, -0.25) is 9.69 Å².